The summed E-state index contributed by atoms with van der Waals surface area (Å²) in [5.41, 5.74) is 0.0486. The van der Waals surface area contributed by atoms with Crippen LogP contribution in [-0.2, 0) is 5.54 Å². The van der Waals surface area contributed by atoms with E-state index in [0.29, 0.717) is 0 Å². The second kappa shape index (κ2) is 1.76. The molecular formula is C5H9N5. The summed E-state index contributed by atoms with van der Waals surface area (Å²) in [5, 5.41) is 16.9. The molecule has 1 aromatic rings. The molecule has 1 aromatic heterocycles. The molecule has 0 saturated heterocycles. The summed E-state index contributed by atoms with van der Waals surface area (Å²) in [6.45, 7) is 0. The van der Waals surface area contributed by atoms with Gasteiger partial charge >= 0.3 is 0 Å². The first-order valence-electron chi connectivity index (χ1n) is 3.30. The third-order valence-corrected chi connectivity index (χ3v) is 2.00. The SMILES string of the molecule is CNC1(c2nn[nH]n2)CC1. The predicted molar refractivity (Wildman–Crippen MR) is 34.1 cm³/mol. The second-order valence-electron chi connectivity index (χ2n) is 2.57. The van der Waals surface area contributed by atoms with Crippen molar-refractivity contribution in [2.75, 3.05) is 7.05 Å². The van der Waals surface area contributed by atoms with Crippen molar-refractivity contribution in [3.8, 4) is 0 Å². The van der Waals surface area contributed by atoms with Gasteiger partial charge < -0.3 is 5.32 Å². The molecule has 0 atom stereocenters. The molecule has 0 spiro atoms. The van der Waals surface area contributed by atoms with E-state index in [1.54, 1.807) is 0 Å². The Hall–Kier alpha value is -0.970. The van der Waals surface area contributed by atoms with E-state index in [9.17, 15) is 0 Å². The van der Waals surface area contributed by atoms with Gasteiger partial charge in [-0.15, -0.1) is 10.2 Å². The van der Waals surface area contributed by atoms with Crippen LogP contribution >= 0.6 is 0 Å². The van der Waals surface area contributed by atoms with Gasteiger partial charge in [0.05, 0.1) is 5.54 Å². The van der Waals surface area contributed by atoms with E-state index in [1.807, 2.05) is 7.05 Å². The Bertz CT molecular complexity index is 212. The zero-order chi connectivity index (χ0) is 7.03. The maximum absolute atomic E-state index is 3.91. The number of hydrogen-bond donors (Lipinski definition) is 2. The molecule has 1 aliphatic rings. The Morgan fingerprint density at radius 3 is 2.80 bits per heavy atom. The molecule has 0 aliphatic heterocycles. The van der Waals surface area contributed by atoms with Gasteiger partial charge in [-0.3, -0.25) is 0 Å². The van der Waals surface area contributed by atoms with Crippen molar-refractivity contribution in [2.24, 2.45) is 0 Å². The lowest BCUT2D eigenvalue weighted by Gasteiger charge is -2.06. The van der Waals surface area contributed by atoms with Crippen LogP contribution in [0.15, 0.2) is 0 Å². The zero-order valence-corrected chi connectivity index (χ0v) is 5.76. The normalized spacial score (nSPS) is 20.9. The van der Waals surface area contributed by atoms with Crippen LogP contribution < -0.4 is 5.32 Å². The fourth-order valence-corrected chi connectivity index (χ4v) is 1.07. The number of nitrogens with zero attached hydrogens (tertiary/aromatic N) is 3. The Kier molecular flexibility index (Phi) is 1.02. The third kappa shape index (κ3) is 0.637. The maximum Gasteiger partial charge on any atom is 0.194 e. The summed E-state index contributed by atoms with van der Waals surface area (Å²) in [6, 6.07) is 0. The fraction of sp³-hybridized carbons (Fsp3) is 0.800. The first kappa shape index (κ1) is 5.79. The van der Waals surface area contributed by atoms with Gasteiger partial charge in [-0.05, 0) is 19.9 Å². The smallest absolute Gasteiger partial charge is 0.194 e. The van der Waals surface area contributed by atoms with E-state index in [0.717, 1.165) is 18.7 Å². The van der Waals surface area contributed by atoms with Crippen LogP contribution in [0.5, 0.6) is 0 Å². The minimum Gasteiger partial charge on any atom is -0.308 e. The molecule has 54 valence electrons. The van der Waals surface area contributed by atoms with Gasteiger partial charge in [-0.25, -0.2) is 0 Å². The van der Waals surface area contributed by atoms with Crippen LogP contribution in [-0.4, -0.2) is 27.7 Å². The highest BCUT2D eigenvalue weighted by Crippen LogP contribution is 2.42. The molecule has 0 amide bonds. The van der Waals surface area contributed by atoms with Crippen LogP contribution in [0.3, 0.4) is 0 Å². The van der Waals surface area contributed by atoms with Crippen molar-refractivity contribution in [3.63, 3.8) is 0 Å². The summed E-state index contributed by atoms with van der Waals surface area (Å²) >= 11 is 0. The lowest BCUT2D eigenvalue weighted by molar-refractivity contribution is 0.548. The van der Waals surface area contributed by atoms with Crippen molar-refractivity contribution in [2.45, 2.75) is 18.4 Å². The number of hydrogen-bond acceptors (Lipinski definition) is 4. The Labute approximate surface area is 58.2 Å². The van der Waals surface area contributed by atoms with Gasteiger partial charge in [0.1, 0.15) is 0 Å². The van der Waals surface area contributed by atoms with Crippen LogP contribution in [0.25, 0.3) is 0 Å². The molecule has 0 radical (unpaired) electrons. The first-order valence-corrected chi connectivity index (χ1v) is 3.30. The quantitative estimate of drug-likeness (QED) is 0.574. The molecule has 0 bridgehead atoms. The van der Waals surface area contributed by atoms with E-state index in [1.165, 1.54) is 0 Å². The number of rotatable bonds is 2. The Morgan fingerprint density at radius 1 is 1.60 bits per heavy atom. The molecule has 0 unspecified atom stereocenters. The summed E-state index contributed by atoms with van der Waals surface area (Å²) in [6.07, 6.45) is 2.23. The number of aromatic amines is 1. The average molecular weight is 139 g/mol. The number of tetrazole rings is 1. The zero-order valence-electron chi connectivity index (χ0n) is 5.76. The van der Waals surface area contributed by atoms with Crippen molar-refractivity contribution >= 4 is 0 Å². The molecule has 1 fully saturated rings. The molecule has 10 heavy (non-hydrogen) atoms. The third-order valence-electron chi connectivity index (χ3n) is 2.00. The van der Waals surface area contributed by atoms with Crippen molar-refractivity contribution in [1.29, 1.82) is 0 Å². The number of H-pyrrole nitrogens is 1. The monoisotopic (exact) mass is 139 g/mol. The highest BCUT2D eigenvalue weighted by atomic mass is 15.5. The van der Waals surface area contributed by atoms with E-state index in [2.05, 4.69) is 25.9 Å². The van der Waals surface area contributed by atoms with Gasteiger partial charge in [0.25, 0.3) is 0 Å². The van der Waals surface area contributed by atoms with Gasteiger partial charge in [0, 0.05) is 0 Å². The number of aromatic nitrogens is 4. The van der Waals surface area contributed by atoms with Gasteiger partial charge in [0.2, 0.25) is 0 Å². The topological polar surface area (TPSA) is 66.5 Å². The van der Waals surface area contributed by atoms with Crippen molar-refractivity contribution in [1.82, 2.24) is 25.9 Å². The van der Waals surface area contributed by atoms with Gasteiger partial charge in [0.15, 0.2) is 5.82 Å². The molecule has 1 saturated carbocycles. The molecule has 1 aliphatic carbocycles. The summed E-state index contributed by atoms with van der Waals surface area (Å²) in [7, 11) is 1.92. The molecule has 0 aromatic carbocycles. The van der Waals surface area contributed by atoms with Crippen LogP contribution in [0.1, 0.15) is 18.7 Å². The standard InChI is InChI=1S/C5H9N5/c1-6-5(2-3-5)4-7-9-10-8-4/h6H,2-3H2,1H3,(H,7,8,9,10). The van der Waals surface area contributed by atoms with Gasteiger partial charge in [-0.1, -0.05) is 5.21 Å². The Morgan fingerprint density at radius 2 is 2.40 bits per heavy atom. The average Bonchev–Trinajstić information content (AvgIpc) is 2.58. The van der Waals surface area contributed by atoms with Crippen LogP contribution in [0.4, 0.5) is 0 Å². The van der Waals surface area contributed by atoms with Crippen LogP contribution in [0, 0.1) is 0 Å². The lowest BCUT2D eigenvalue weighted by atomic mass is 10.3. The maximum atomic E-state index is 3.91. The molecule has 5 heteroatoms. The van der Waals surface area contributed by atoms with Crippen molar-refractivity contribution < 1.29 is 0 Å². The summed E-state index contributed by atoms with van der Waals surface area (Å²) in [4.78, 5) is 0. The largest absolute Gasteiger partial charge is 0.308 e. The van der Waals surface area contributed by atoms with E-state index >= 15 is 0 Å². The Balaban J connectivity index is 2.27. The predicted octanol–water partition coefficient (Wildman–Crippen LogP) is -0.592. The van der Waals surface area contributed by atoms with Crippen molar-refractivity contribution in [3.05, 3.63) is 5.82 Å². The first-order chi connectivity index (χ1) is 4.87. The molecular weight excluding hydrogens is 130 g/mol. The molecule has 1 heterocycles. The fourth-order valence-electron chi connectivity index (χ4n) is 1.07. The van der Waals surface area contributed by atoms with Gasteiger partial charge in [-0.2, -0.15) is 5.21 Å². The minimum absolute atomic E-state index is 0.0486. The van der Waals surface area contributed by atoms with E-state index < -0.39 is 0 Å². The van der Waals surface area contributed by atoms with Crippen LogP contribution in [0.2, 0.25) is 0 Å². The second-order valence-corrected chi connectivity index (χ2v) is 2.57. The molecule has 2 rings (SSSR count). The van der Waals surface area contributed by atoms with E-state index in [-0.39, 0.29) is 5.54 Å². The molecule has 2 N–H and O–H groups in total. The summed E-state index contributed by atoms with van der Waals surface area (Å²) in [5.74, 6) is 0.787. The number of nitrogens with one attached hydrogen (secondary N) is 2. The van der Waals surface area contributed by atoms with E-state index in [4.69, 9.17) is 0 Å². The molecule has 5 nitrogen and oxygen atoms in total. The highest BCUT2D eigenvalue weighted by molar-refractivity contribution is 5.12. The highest BCUT2D eigenvalue weighted by Gasteiger charge is 2.46. The lowest BCUT2D eigenvalue weighted by Crippen LogP contribution is -2.25. The summed E-state index contributed by atoms with van der Waals surface area (Å²) < 4.78 is 0. The minimum atomic E-state index is 0.0486.